The molecule has 106 valence electrons. The van der Waals surface area contributed by atoms with Crippen LogP contribution in [0.3, 0.4) is 0 Å². The normalized spacial score (nSPS) is 40.8. The summed E-state index contributed by atoms with van der Waals surface area (Å²) in [6.45, 7) is 2.94. The van der Waals surface area contributed by atoms with Gasteiger partial charge in [0.25, 0.3) is 0 Å². The monoisotopic (exact) mass is 266 g/mol. The zero-order valence-corrected chi connectivity index (χ0v) is 11.7. The van der Waals surface area contributed by atoms with E-state index >= 15 is 0 Å². The van der Waals surface area contributed by atoms with E-state index in [2.05, 4.69) is 0 Å². The maximum absolute atomic E-state index is 12.5. The fourth-order valence-corrected chi connectivity index (χ4v) is 4.89. The highest BCUT2D eigenvalue weighted by atomic mass is 16.7. The molecule has 4 bridgehead atoms. The average Bonchev–Trinajstić information content (AvgIpc) is 2.25. The van der Waals surface area contributed by atoms with Gasteiger partial charge in [0.05, 0.1) is 5.41 Å². The van der Waals surface area contributed by atoms with Crippen LogP contribution in [0.5, 0.6) is 0 Å². The molecule has 19 heavy (non-hydrogen) atoms. The fourth-order valence-electron chi connectivity index (χ4n) is 4.89. The van der Waals surface area contributed by atoms with Gasteiger partial charge in [-0.05, 0) is 56.3 Å². The van der Waals surface area contributed by atoms with E-state index in [1.807, 2.05) is 0 Å². The van der Waals surface area contributed by atoms with Crippen molar-refractivity contribution in [3.05, 3.63) is 0 Å². The summed E-state index contributed by atoms with van der Waals surface area (Å²) < 4.78 is 10.3. The van der Waals surface area contributed by atoms with Crippen molar-refractivity contribution < 1.29 is 19.1 Å². The number of rotatable bonds is 3. The molecule has 4 fully saturated rings. The van der Waals surface area contributed by atoms with Crippen LogP contribution in [-0.4, -0.2) is 18.2 Å². The van der Waals surface area contributed by atoms with E-state index in [1.165, 1.54) is 26.2 Å². The molecule has 1 atom stereocenters. The summed E-state index contributed by atoms with van der Waals surface area (Å²) in [6, 6.07) is 0. The summed E-state index contributed by atoms with van der Waals surface area (Å²) in [5.41, 5.74) is -0.275. The van der Waals surface area contributed by atoms with Crippen LogP contribution in [0.2, 0.25) is 0 Å². The first kappa shape index (κ1) is 12.9. The van der Waals surface area contributed by atoms with Crippen LogP contribution in [0, 0.1) is 23.2 Å². The molecule has 4 aliphatic carbocycles. The molecule has 0 aromatic rings. The Hall–Kier alpha value is -1.06. The molecule has 0 radical (unpaired) electrons. The highest BCUT2D eigenvalue weighted by molar-refractivity contribution is 5.78. The fraction of sp³-hybridized carbons (Fsp3) is 0.867. The van der Waals surface area contributed by atoms with Crippen molar-refractivity contribution in [1.82, 2.24) is 0 Å². The summed E-state index contributed by atoms with van der Waals surface area (Å²) in [5, 5.41) is 0. The first-order chi connectivity index (χ1) is 8.97. The van der Waals surface area contributed by atoms with Crippen LogP contribution in [0.25, 0.3) is 0 Å². The molecule has 4 saturated carbocycles. The van der Waals surface area contributed by atoms with Crippen LogP contribution in [-0.2, 0) is 19.1 Å². The average molecular weight is 266 g/mol. The second-order valence-electron chi connectivity index (χ2n) is 6.78. The van der Waals surface area contributed by atoms with Crippen LogP contribution in [0.4, 0.5) is 0 Å². The third-order valence-corrected chi connectivity index (χ3v) is 5.08. The number of ether oxygens (including phenoxy) is 2. The smallest absolute Gasteiger partial charge is 0.315 e. The summed E-state index contributed by atoms with van der Waals surface area (Å²) in [6.07, 6.45) is 6.06. The van der Waals surface area contributed by atoms with Crippen LogP contribution in [0.1, 0.15) is 52.4 Å². The third-order valence-electron chi connectivity index (χ3n) is 5.08. The highest BCUT2D eigenvalue weighted by Crippen LogP contribution is 2.60. The van der Waals surface area contributed by atoms with Gasteiger partial charge in [0.1, 0.15) is 0 Å². The molecule has 0 saturated heterocycles. The Balaban J connectivity index is 1.67. The Morgan fingerprint density at radius 1 is 1.00 bits per heavy atom. The van der Waals surface area contributed by atoms with Gasteiger partial charge < -0.3 is 9.47 Å². The van der Waals surface area contributed by atoms with Gasteiger partial charge in [-0.2, -0.15) is 0 Å². The quantitative estimate of drug-likeness (QED) is 0.582. The van der Waals surface area contributed by atoms with E-state index in [4.69, 9.17) is 9.47 Å². The standard InChI is InChI=1S/C15H22O4/c1-9(16)18-10(2)19-14(17)15-6-11-3-12(7-15)5-13(4-11)8-15/h10-13H,3-8H2,1-2H3/t10-,11?,12?,13?,15?/m1/s1. The maximum atomic E-state index is 12.5. The van der Waals surface area contributed by atoms with Gasteiger partial charge in [-0.25, -0.2) is 0 Å². The van der Waals surface area contributed by atoms with Crippen LogP contribution >= 0.6 is 0 Å². The van der Waals surface area contributed by atoms with Crippen molar-refractivity contribution in [2.45, 2.75) is 58.7 Å². The molecule has 0 spiro atoms. The Morgan fingerprint density at radius 2 is 1.47 bits per heavy atom. The van der Waals surface area contributed by atoms with Gasteiger partial charge in [-0.15, -0.1) is 0 Å². The van der Waals surface area contributed by atoms with Crippen molar-refractivity contribution >= 4 is 11.9 Å². The minimum Gasteiger partial charge on any atom is -0.426 e. The second kappa shape index (κ2) is 4.50. The second-order valence-corrected chi connectivity index (χ2v) is 6.78. The molecule has 0 N–H and O–H groups in total. The lowest BCUT2D eigenvalue weighted by molar-refractivity contribution is -0.200. The molecule has 4 nitrogen and oxygen atoms in total. The molecule has 0 aromatic heterocycles. The maximum Gasteiger partial charge on any atom is 0.315 e. The largest absolute Gasteiger partial charge is 0.426 e. The predicted octanol–water partition coefficient (Wildman–Crippen LogP) is 2.66. The van der Waals surface area contributed by atoms with Gasteiger partial charge in [0.15, 0.2) is 0 Å². The van der Waals surface area contributed by atoms with Gasteiger partial charge >= 0.3 is 11.9 Å². The van der Waals surface area contributed by atoms with Crippen molar-refractivity contribution in [2.75, 3.05) is 0 Å². The number of esters is 2. The van der Waals surface area contributed by atoms with Crippen molar-refractivity contribution in [2.24, 2.45) is 23.2 Å². The topological polar surface area (TPSA) is 52.6 Å². The molecular weight excluding hydrogens is 244 g/mol. The molecule has 4 aliphatic rings. The zero-order chi connectivity index (χ0) is 13.6. The van der Waals surface area contributed by atoms with E-state index in [0.29, 0.717) is 17.8 Å². The highest BCUT2D eigenvalue weighted by Gasteiger charge is 2.55. The molecule has 0 unspecified atom stereocenters. The minimum atomic E-state index is -0.766. The molecular formula is C15H22O4. The van der Waals surface area contributed by atoms with Gasteiger partial charge in [0.2, 0.25) is 6.29 Å². The van der Waals surface area contributed by atoms with Crippen molar-refractivity contribution in [3.8, 4) is 0 Å². The first-order valence-corrected chi connectivity index (χ1v) is 7.35. The van der Waals surface area contributed by atoms with Crippen molar-refractivity contribution in [3.63, 3.8) is 0 Å². The van der Waals surface area contributed by atoms with E-state index in [-0.39, 0.29) is 11.4 Å². The number of carbonyl (C=O) groups excluding carboxylic acids is 2. The zero-order valence-electron chi connectivity index (χ0n) is 11.7. The van der Waals surface area contributed by atoms with Crippen molar-refractivity contribution in [1.29, 1.82) is 0 Å². The van der Waals surface area contributed by atoms with Gasteiger partial charge in [0, 0.05) is 13.8 Å². The number of hydrogen-bond acceptors (Lipinski definition) is 4. The number of carbonyl (C=O) groups is 2. The minimum absolute atomic E-state index is 0.139. The summed E-state index contributed by atoms with van der Waals surface area (Å²) in [5.74, 6) is 1.58. The Bertz CT molecular complexity index is 366. The first-order valence-electron chi connectivity index (χ1n) is 7.35. The predicted molar refractivity (Wildman–Crippen MR) is 67.9 cm³/mol. The van der Waals surface area contributed by atoms with E-state index in [9.17, 15) is 9.59 Å². The Labute approximate surface area is 113 Å². The molecule has 4 rings (SSSR count). The lowest BCUT2D eigenvalue weighted by atomic mass is 9.49. The van der Waals surface area contributed by atoms with Crippen LogP contribution in [0.15, 0.2) is 0 Å². The van der Waals surface area contributed by atoms with Gasteiger partial charge in [-0.1, -0.05) is 0 Å². The molecule has 0 aliphatic heterocycles. The lowest BCUT2D eigenvalue weighted by Gasteiger charge is -2.55. The van der Waals surface area contributed by atoms with Gasteiger partial charge in [-0.3, -0.25) is 9.59 Å². The van der Waals surface area contributed by atoms with E-state index in [1.54, 1.807) is 6.92 Å². The van der Waals surface area contributed by atoms with E-state index < -0.39 is 12.3 Å². The van der Waals surface area contributed by atoms with Crippen LogP contribution < -0.4 is 0 Å². The molecule has 4 heteroatoms. The summed E-state index contributed by atoms with van der Waals surface area (Å²) >= 11 is 0. The lowest BCUT2D eigenvalue weighted by Crippen LogP contribution is -2.51. The number of hydrogen-bond donors (Lipinski definition) is 0. The molecule has 0 heterocycles. The molecule has 0 aromatic carbocycles. The van der Waals surface area contributed by atoms with E-state index in [0.717, 1.165) is 19.3 Å². The molecule has 0 amide bonds. The summed E-state index contributed by atoms with van der Waals surface area (Å²) in [7, 11) is 0. The third kappa shape index (κ3) is 2.37. The SMILES string of the molecule is CC(=O)O[C@@H](C)OC(=O)C12CC3CC(CC(C3)C1)C2. The Morgan fingerprint density at radius 3 is 1.89 bits per heavy atom. The summed E-state index contributed by atoms with van der Waals surface area (Å²) in [4.78, 5) is 23.3. The Kier molecular flexibility index (Phi) is 3.06.